The summed E-state index contributed by atoms with van der Waals surface area (Å²) in [6.07, 6.45) is 2.57. The van der Waals surface area contributed by atoms with E-state index in [9.17, 15) is 4.79 Å². The van der Waals surface area contributed by atoms with Gasteiger partial charge in [-0.2, -0.15) is 5.10 Å². The molecule has 1 unspecified atom stereocenters. The fraction of sp³-hybridized carbons (Fsp3) is 0.261. The van der Waals surface area contributed by atoms with Gasteiger partial charge in [0.2, 0.25) is 5.91 Å². The molecule has 5 rings (SSSR count). The van der Waals surface area contributed by atoms with Crippen LogP contribution in [0, 0.1) is 0 Å². The Morgan fingerprint density at radius 3 is 2.70 bits per heavy atom. The third-order valence-electron chi connectivity index (χ3n) is 5.84. The normalized spacial score (nSPS) is 16.6. The van der Waals surface area contributed by atoms with Crippen molar-refractivity contribution in [3.05, 3.63) is 54.4 Å². The summed E-state index contributed by atoms with van der Waals surface area (Å²) in [7, 11) is 5.40. The molecule has 0 radical (unpaired) electrons. The van der Waals surface area contributed by atoms with Gasteiger partial charge in [0.1, 0.15) is 23.1 Å². The zero-order valence-corrected chi connectivity index (χ0v) is 17.1. The molecule has 3 heterocycles. The number of benzene rings is 2. The smallest absolute Gasteiger partial charge is 0.233 e. The number of carbonyl (C=O) groups is 1. The van der Waals surface area contributed by atoms with Gasteiger partial charge in [0.15, 0.2) is 0 Å². The largest absolute Gasteiger partial charge is 0.496 e. The molecule has 4 aromatic rings. The van der Waals surface area contributed by atoms with Gasteiger partial charge in [0.05, 0.1) is 24.2 Å². The number of rotatable bonds is 4. The zero-order chi connectivity index (χ0) is 20.8. The van der Waals surface area contributed by atoms with Gasteiger partial charge < -0.3 is 14.2 Å². The Kier molecular flexibility index (Phi) is 4.31. The first-order chi connectivity index (χ1) is 14.5. The molecule has 0 bridgehead atoms. The maximum atomic E-state index is 12.3. The number of hydrogen-bond acceptors (Lipinski definition) is 5. The molecule has 0 aliphatic carbocycles. The second-order valence-corrected chi connectivity index (χ2v) is 7.68. The lowest BCUT2D eigenvalue weighted by Crippen LogP contribution is -2.21. The van der Waals surface area contributed by atoms with E-state index >= 15 is 0 Å². The Balaban J connectivity index is 1.52. The number of methoxy groups -OCH3 is 1. The molecule has 1 amide bonds. The van der Waals surface area contributed by atoms with Crippen molar-refractivity contribution in [1.29, 1.82) is 0 Å². The van der Waals surface area contributed by atoms with Gasteiger partial charge in [0, 0.05) is 32.3 Å². The summed E-state index contributed by atoms with van der Waals surface area (Å²) in [5.41, 5.74) is 4.73. The number of likely N-dealkylation sites (tertiary alicyclic amines) is 1. The first-order valence-corrected chi connectivity index (χ1v) is 9.87. The molecule has 30 heavy (non-hydrogen) atoms. The predicted octanol–water partition coefficient (Wildman–Crippen LogP) is 3.85. The minimum absolute atomic E-state index is 0.0861. The van der Waals surface area contributed by atoms with Crippen molar-refractivity contribution in [3.63, 3.8) is 0 Å². The quantitative estimate of drug-likeness (QED) is 0.518. The van der Waals surface area contributed by atoms with Crippen LogP contribution in [0.2, 0.25) is 0 Å². The number of carbonyl (C=O) groups excluding carboxylic acids is 1. The van der Waals surface area contributed by atoms with E-state index in [1.54, 1.807) is 12.0 Å². The third-order valence-corrected chi connectivity index (χ3v) is 5.84. The highest BCUT2D eigenvalue weighted by molar-refractivity contribution is 5.90. The van der Waals surface area contributed by atoms with Gasteiger partial charge in [-0.15, -0.1) is 0 Å². The second-order valence-electron chi connectivity index (χ2n) is 7.68. The van der Waals surface area contributed by atoms with E-state index in [1.807, 2.05) is 49.2 Å². The monoisotopic (exact) mass is 402 g/mol. The number of hydrogen-bond donors (Lipinski definition) is 0. The molecule has 0 saturated carbocycles. The Morgan fingerprint density at radius 1 is 1.10 bits per heavy atom. The summed E-state index contributed by atoms with van der Waals surface area (Å²) in [6, 6.07) is 14.1. The van der Waals surface area contributed by atoms with Gasteiger partial charge in [-0.3, -0.25) is 9.48 Å². The number of fused-ring (bicyclic) bond motifs is 1. The summed E-state index contributed by atoms with van der Waals surface area (Å²) in [6.45, 7) is 0.743. The standard InChI is InChI=1S/C23H22N4O3/c1-26-8-7-17(23(26)28)22-12-19(25-30-22)15-6-4-5-14(9-15)16-10-20-18(13-24-27(20)2)21(11-16)29-3/h4-6,9-13,17H,7-8H2,1-3H3. The van der Waals surface area contributed by atoms with E-state index in [4.69, 9.17) is 9.26 Å². The summed E-state index contributed by atoms with van der Waals surface area (Å²) in [4.78, 5) is 14.0. The van der Waals surface area contributed by atoms with Crippen LogP contribution in [0.4, 0.5) is 0 Å². The molecule has 1 saturated heterocycles. The number of ether oxygens (including phenoxy) is 1. The Bertz CT molecular complexity index is 1260. The Hall–Kier alpha value is -3.61. The first kappa shape index (κ1) is 18.4. The highest BCUT2D eigenvalue weighted by atomic mass is 16.5. The lowest BCUT2D eigenvalue weighted by atomic mass is 9.99. The van der Waals surface area contributed by atoms with Gasteiger partial charge in [-0.1, -0.05) is 23.4 Å². The van der Waals surface area contributed by atoms with E-state index in [2.05, 4.69) is 28.5 Å². The van der Waals surface area contributed by atoms with Crippen molar-refractivity contribution in [1.82, 2.24) is 19.8 Å². The van der Waals surface area contributed by atoms with Crippen LogP contribution in [-0.2, 0) is 11.8 Å². The molecule has 152 valence electrons. The van der Waals surface area contributed by atoms with Crippen molar-refractivity contribution in [3.8, 4) is 28.1 Å². The predicted molar refractivity (Wildman–Crippen MR) is 113 cm³/mol. The van der Waals surface area contributed by atoms with Gasteiger partial charge in [-0.25, -0.2) is 0 Å². The number of aryl methyl sites for hydroxylation is 1. The third kappa shape index (κ3) is 2.94. The van der Waals surface area contributed by atoms with Gasteiger partial charge in [-0.05, 0) is 35.7 Å². The maximum Gasteiger partial charge on any atom is 0.233 e. The van der Waals surface area contributed by atoms with E-state index in [1.165, 1.54) is 0 Å². The molecule has 2 aromatic heterocycles. The minimum Gasteiger partial charge on any atom is -0.496 e. The lowest BCUT2D eigenvalue weighted by Gasteiger charge is -2.08. The lowest BCUT2D eigenvalue weighted by molar-refractivity contribution is -0.128. The van der Waals surface area contributed by atoms with Crippen molar-refractivity contribution < 1.29 is 14.1 Å². The fourth-order valence-electron chi connectivity index (χ4n) is 4.09. The molecular formula is C23H22N4O3. The molecule has 0 N–H and O–H groups in total. The van der Waals surface area contributed by atoms with Crippen molar-refractivity contribution in [2.75, 3.05) is 20.7 Å². The van der Waals surface area contributed by atoms with E-state index in [-0.39, 0.29) is 11.8 Å². The SMILES string of the molecule is COc1cc(-c2cccc(-c3cc(C4CCN(C)C4=O)on3)c2)cc2c1cnn2C. The number of aromatic nitrogens is 3. The highest BCUT2D eigenvalue weighted by Crippen LogP contribution is 2.35. The van der Waals surface area contributed by atoms with Crippen LogP contribution < -0.4 is 4.74 Å². The summed E-state index contributed by atoms with van der Waals surface area (Å²) >= 11 is 0. The average Bonchev–Trinajstić information content (AvgIpc) is 3.48. The molecule has 1 aliphatic rings. The Morgan fingerprint density at radius 2 is 1.93 bits per heavy atom. The van der Waals surface area contributed by atoms with Crippen LogP contribution in [0.1, 0.15) is 18.1 Å². The summed E-state index contributed by atoms with van der Waals surface area (Å²) < 4.78 is 13.0. The van der Waals surface area contributed by atoms with Crippen molar-refractivity contribution >= 4 is 16.8 Å². The first-order valence-electron chi connectivity index (χ1n) is 9.87. The number of likely N-dealkylation sites (N-methyl/N-ethyl adjacent to an activating group) is 1. The minimum atomic E-state index is -0.240. The van der Waals surface area contributed by atoms with Crippen LogP contribution in [0.15, 0.2) is 53.2 Å². The number of amides is 1. The van der Waals surface area contributed by atoms with Crippen LogP contribution in [0.25, 0.3) is 33.3 Å². The Labute approximate surface area is 173 Å². The van der Waals surface area contributed by atoms with E-state index < -0.39 is 0 Å². The molecule has 1 fully saturated rings. The number of nitrogens with zero attached hydrogens (tertiary/aromatic N) is 4. The molecule has 1 atom stereocenters. The molecule has 7 heteroatoms. The average molecular weight is 402 g/mol. The van der Waals surface area contributed by atoms with Gasteiger partial charge in [0.25, 0.3) is 0 Å². The van der Waals surface area contributed by atoms with Crippen LogP contribution >= 0.6 is 0 Å². The maximum absolute atomic E-state index is 12.3. The van der Waals surface area contributed by atoms with Crippen LogP contribution in [0.3, 0.4) is 0 Å². The molecular weight excluding hydrogens is 380 g/mol. The molecule has 2 aromatic carbocycles. The van der Waals surface area contributed by atoms with Crippen LogP contribution in [-0.4, -0.2) is 46.4 Å². The molecule has 7 nitrogen and oxygen atoms in total. The second kappa shape index (κ2) is 7.02. The topological polar surface area (TPSA) is 73.4 Å². The van der Waals surface area contributed by atoms with E-state index in [0.29, 0.717) is 5.76 Å². The van der Waals surface area contributed by atoms with Crippen molar-refractivity contribution in [2.45, 2.75) is 12.3 Å². The van der Waals surface area contributed by atoms with Crippen LogP contribution in [0.5, 0.6) is 5.75 Å². The molecule has 0 spiro atoms. The van der Waals surface area contributed by atoms with E-state index in [0.717, 1.165) is 52.0 Å². The fourth-order valence-corrected chi connectivity index (χ4v) is 4.09. The van der Waals surface area contributed by atoms with Gasteiger partial charge >= 0.3 is 0 Å². The zero-order valence-electron chi connectivity index (χ0n) is 17.1. The summed E-state index contributed by atoms with van der Waals surface area (Å²) in [5, 5.41) is 9.55. The molecule has 1 aliphatic heterocycles. The summed E-state index contributed by atoms with van der Waals surface area (Å²) in [5.74, 6) is 1.26. The van der Waals surface area contributed by atoms with Crippen molar-refractivity contribution in [2.24, 2.45) is 7.05 Å². The highest BCUT2D eigenvalue weighted by Gasteiger charge is 2.33.